The number of benzene rings is 1. The van der Waals surface area contributed by atoms with Crippen LogP contribution in [-0.2, 0) is 13.6 Å². The van der Waals surface area contributed by atoms with E-state index in [0.717, 1.165) is 22.3 Å². The summed E-state index contributed by atoms with van der Waals surface area (Å²) < 4.78 is 3.00. The third-order valence-electron chi connectivity index (χ3n) is 3.11. The summed E-state index contributed by atoms with van der Waals surface area (Å²) in [7, 11) is 1.88. The quantitative estimate of drug-likeness (QED) is 0.933. The third-order valence-corrected chi connectivity index (χ3v) is 4.36. The molecular formula is C15H16BrN3. The number of halogens is 1. The van der Waals surface area contributed by atoms with E-state index in [0.29, 0.717) is 5.69 Å². The highest BCUT2D eigenvalue weighted by Crippen LogP contribution is 2.25. The predicted octanol–water partition coefficient (Wildman–Crippen LogP) is 3.89. The molecule has 0 fully saturated rings. The highest BCUT2D eigenvalue weighted by molar-refractivity contribution is 9.10. The van der Waals surface area contributed by atoms with Crippen LogP contribution in [0.3, 0.4) is 0 Å². The van der Waals surface area contributed by atoms with Crippen molar-refractivity contribution >= 4 is 21.6 Å². The van der Waals surface area contributed by atoms with E-state index in [1.807, 2.05) is 23.9 Å². The SMILES string of the molecule is Cc1cc(NCc2cc(C#N)n(C)c2)cc(C)c1Br. The Labute approximate surface area is 122 Å². The molecular weight excluding hydrogens is 302 g/mol. The van der Waals surface area contributed by atoms with Crippen molar-refractivity contribution in [1.82, 2.24) is 4.57 Å². The van der Waals surface area contributed by atoms with Crippen LogP contribution < -0.4 is 5.32 Å². The number of nitrogens with one attached hydrogen (secondary N) is 1. The molecule has 0 aliphatic heterocycles. The summed E-state index contributed by atoms with van der Waals surface area (Å²) in [5, 5.41) is 12.3. The van der Waals surface area contributed by atoms with Crippen LogP contribution in [0.25, 0.3) is 0 Å². The van der Waals surface area contributed by atoms with Gasteiger partial charge in [-0.3, -0.25) is 0 Å². The summed E-state index contributed by atoms with van der Waals surface area (Å²) in [6.45, 7) is 4.88. The monoisotopic (exact) mass is 317 g/mol. The van der Waals surface area contributed by atoms with E-state index in [9.17, 15) is 0 Å². The second-order valence-corrected chi connectivity index (χ2v) is 5.53. The molecule has 2 rings (SSSR count). The van der Waals surface area contributed by atoms with Crippen LogP contribution >= 0.6 is 15.9 Å². The largest absolute Gasteiger partial charge is 0.381 e. The topological polar surface area (TPSA) is 40.8 Å². The van der Waals surface area contributed by atoms with Crippen molar-refractivity contribution in [3.8, 4) is 6.07 Å². The van der Waals surface area contributed by atoms with Crippen molar-refractivity contribution in [3.63, 3.8) is 0 Å². The number of nitrogens with zero attached hydrogens (tertiary/aromatic N) is 2. The molecule has 0 aliphatic rings. The number of nitriles is 1. The van der Waals surface area contributed by atoms with E-state index in [4.69, 9.17) is 5.26 Å². The van der Waals surface area contributed by atoms with Crippen LogP contribution in [0, 0.1) is 25.2 Å². The van der Waals surface area contributed by atoms with Crippen molar-refractivity contribution in [3.05, 3.63) is 51.3 Å². The maximum atomic E-state index is 8.92. The molecule has 0 spiro atoms. The molecule has 1 aromatic heterocycles. The Balaban J connectivity index is 2.12. The van der Waals surface area contributed by atoms with Gasteiger partial charge in [-0.2, -0.15) is 5.26 Å². The maximum absolute atomic E-state index is 8.92. The first-order chi connectivity index (χ1) is 9.01. The highest BCUT2D eigenvalue weighted by Gasteiger charge is 2.04. The molecule has 1 N–H and O–H groups in total. The average molecular weight is 318 g/mol. The van der Waals surface area contributed by atoms with Gasteiger partial charge in [-0.15, -0.1) is 0 Å². The highest BCUT2D eigenvalue weighted by atomic mass is 79.9. The van der Waals surface area contributed by atoms with Gasteiger partial charge in [0.25, 0.3) is 0 Å². The molecule has 0 amide bonds. The Kier molecular flexibility index (Phi) is 3.96. The lowest BCUT2D eigenvalue weighted by Gasteiger charge is -2.09. The van der Waals surface area contributed by atoms with Crippen LogP contribution in [0.4, 0.5) is 5.69 Å². The Bertz CT molecular complexity index is 627. The summed E-state index contributed by atoms with van der Waals surface area (Å²) in [4.78, 5) is 0. The molecule has 0 radical (unpaired) electrons. The van der Waals surface area contributed by atoms with Gasteiger partial charge in [-0.05, 0) is 48.7 Å². The fourth-order valence-electron chi connectivity index (χ4n) is 2.09. The fraction of sp³-hybridized carbons (Fsp3) is 0.267. The number of aromatic nitrogens is 1. The van der Waals surface area contributed by atoms with Gasteiger partial charge in [-0.25, -0.2) is 0 Å². The molecule has 0 atom stereocenters. The Morgan fingerprint density at radius 2 is 1.89 bits per heavy atom. The minimum absolute atomic E-state index is 0.681. The van der Waals surface area contributed by atoms with Crippen molar-refractivity contribution in [2.24, 2.45) is 7.05 Å². The average Bonchev–Trinajstić information content (AvgIpc) is 2.74. The minimum Gasteiger partial charge on any atom is -0.381 e. The standard InChI is InChI=1S/C15H16BrN3/c1-10-4-13(5-11(2)15(10)16)18-8-12-6-14(7-17)19(3)9-12/h4-6,9,18H,8H2,1-3H3. The second-order valence-electron chi connectivity index (χ2n) is 4.73. The molecule has 0 saturated carbocycles. The Hall–Kier alpha value is -1.73. The van der Waals surface area contributed by atoms with Gasteiger partial charge in [-0.1, -0.05) is 15.9 Å². The van der Waals surface area contributed by atoms with Gasteiger partial charge in [0.15, 0.2) is 0 Å². The van der Waals surface area contributed by atoms with Gasteiger partial charge in [0.05, 0.1) is 0 Å². The lowest BCUT2D eigenvalue weighted by atomic mass is 10.1. The van der Waals surface area contributed by atoms with Gasteiger partial charge < -0.3 is 9.88 Å². The zero-order valence-corrected chi connectivity index (χ0v) is 12.9. The number of anilines is 1. The Morgan fingerprint density at radius 1 is 1.26 bits per heavy atom. The van der Waals surface area contributed by atoms with Crippen LogP contribution in [0.1, 0.15) is 22.4 Å². The second kappa shape index (κ2) is 5.50. The van der Waals surface area contributed by atoms with Gasteiger partial charge >= 0.3 is 0 Å². The lowest BCUT2D eigenvalue weighted by molar-refractivity contribution is 0.902. The van der Waals surface area contributed by atoms with Crippen molar-refractivity contribution in [2.75, 3.05) is 5.32 Å². The number of aryl methyl sites for hydroxylation is 3. The van der Waals surface area contributed by atoms with Crippen LogP contribution in [0.5, 0.6) is 0 Å². The molecule has 19 heavy (non-hydrogen) atoms. The zero-order chi connectivity index (χ0) is 14.0. The summed E-state index contributed by atoms with van der Waals surface area (Å²) in [5.74, 6) is 0. The van der Waals surface area contributed by atoms with Gasteiger partial charge in [0.1, 0.15) is 11.8 Å². The van der Waals surface area contributed by atoms with Crippen molar-refractivity contribution < 1.29 is 0 Å². The van der Waals surface area contributed by atoms with E-state index >= 15 is 0 Å². The maximum Gasteiger partial charge on any atom is 0.120 e. The first-order valence-corrected chi connectivity index (χ1v) is 6.86. The molecule has 1 heterocycles. The van der Waals surface area contributed by atoms with Crippen LogP contribution in [0.15, 0.2) is 28.9 Å². The summed E-state index contributed by atoms with van der Waals surface area (Å²) in [5.41, 5.74) is 5.32. The van der Waals surface area contributed by atoms with E-state index in [1.165, 1.54) is 11.1 Å². The number of hydrogen-bond donors (Lipinski definition) is 1. The van der Waals surface area contributed by atoms with E-state index in [2.05, 4.69) is 53.3 Å². The van der Waals surface area contributed by atoms with E-state index in [1.54, 1.807) is 0 Å². The molecule has 98 valence electrons. The normalized spacial score (nSPS) is 10.3. The van der Waals surface area contributed by atoms with Gasteiger partial charge in [0.2, 0.25) is 0 Å². The van der Waals surface area contributed by atoms with Crippen LogP contribution in [-0.4, -0.2) is 4.57 Å². The number of hydrogen-bond acceptors (Lipinski definition) is 2. The summed E-state index contributed by atoms with van der Waals surface area (Å²) in [6, 6.07) is 8.31. The predicted molar refractivity (Wildman–Crippen MR) is 81.1 cm³/mol. The lowest BCUT2D eigenvalue weighted by Crippen LogP contribution is -1.99. The van der Waals surface area contributed by atoms with Crippen molar-refractivity contribution in [2.45, 2.75) is 20.4 Å². The fourth-order valence-corrected chi connectivity index (χ4v) is 2.32. The zero-order valence-electron chi connectivity index (χ0n) is 11.3. The molecule has 2 aromatic rings. The summed E-state index contributed by atoms with van der Waals surface area (Å²) in [6.07, 6.45) is 1.98. The molecule has 0 aliphatic carbocycles. The molecule has 0 saturated heterocycles. The third kappa shape index (κ3) is 2.99. The molecule has 1 aromatic carbocycles. The molecule has 0 unspecified atom stereocenters. The molecule has 0 bridgehead atoms. The summed E-state index contributed by atoms with van der Waals surface area (Å²) >= 11 is 3.56. The van der Waals surface area contributed by atoms with E-state index < -0.39 is 0 Å². The van der Waals surface area contributed by atoms with Crippen molar-refractivity contribution in [1.29, 1.82) is 5.26 Å². The van der Waals surface area contributed by atoms with Gasteiger partial charge in [0, 0.05) is 29.9 Å². The number of rotatable bonds is 3. The van der Waals surface area contributed by atoms with Crippen LogP contribution in [0.2, 0.25) is 0 Å². The molecule has 4 heteroatoms. The smallest absolute Gasteiger partial charge is 0.120 e. The first kappa shape index (κ1) is 13.7. The van der Waals surface area contributed by atoms with E-state index in [-0.39, 0.29) is 0 Å². The molecule has 3 nitrogen and oxygen atoms in total. The Morgan fingerprint density at radius 3 is 2.42 bits per heavy atom. The minimum atomic E-state index is 0.681. The first-order valence-electron chi connectivity index (χ1n) is 6.07.